The van der Waals surface area contributed by atoms with Crippen molar-refractivity contribution in [2.75, 3.05) is 13.7 Å². The van der Waals surface area contributed by atoms with Crippen molar-refractivity contribution >= 4 is 5.91 Å². The number of rotatable bonds is 6. The number of benzene rings is 1. The number of carbonyl (C=O) groups is 1. The molecular formula is C15H23NO3. The van der Waals surface area contributed by atoms with Crippen LogP contribution in [-0.2, 0) is 4.79 Å². The molecule has 106 valence electrons. The van der Waals surface area contributed by atoms with Crippen LogP contribution in [0.1, 0.15) is 38.9 Å². The minimum Gasteiger partial charge on any atom is -0.484 e. The third kappa shape index (κ3) is 4.56. The summed E-state index contributed by atoms with van der Waals surface area (Å²) in [6.45, 7) is 5.87. The Balaban J connectivity index is 2.52. The smallest absolute Gasteiger partial charge is 0.260 e. The summed E-state index contributed by atoms with van der Waals surface area (Å²) >= 11 is 0. The average molecular weight is 265 g/mol. The van der Waals surface area contributed by atoms with E-state index in [0.29, 0.717) is 12.2 Å². The van der Waals surface area contributed by atoms with Gasteiger partial charge < -0.3 is 14.7 Å². The van der Waals surface area contributed by atoms with Crippen molar-refractivity contribution in [2.24, 2.45) is 0 Å². The van der Waals surface area contributed by atoms with Crippen LogP contribution in [0.2, 0.25) is 0 Å². The average Bonchev–Trinajstić information content (AvgIpc) is 2.43. The summed E-state index contributed by atoms with van der Waals surface area (Å²) in [6.07, 6.45) is 0.237. The van der Waals surface area contributed by atoms with E-state index in [4.69, 9.17) is 4.74 Å². The number of ether oxygens (including phenoxy) is 1. The number of carbonyl (C=O) groups excluding carboxylic acids is 1. The molecule has 0 saturated carbocycles. The number of hydrogen-bond acceptors (Lipinski definition) is 3. The number of aliphatic hydroxyl groups excluding tert-OH is 1. The minimum atomic E-state index is -0.442. The number of nitrogens with zero attached hydrogens (tertiary/aromatic N) is 1. The molecule has 0 fully saturated rings. The first-order chi connectivity index (χ1) is 8.95. The number of amides is 1. The van der Waals surface area contributed by atoms with Crippen molar-refractivity contribution < 1.29 is 14.6 Å². The summed E-state index contributed by atoms with van der Waals surface area (Å²) in [6, 6.07) is 7.35. The van der Waals surface area contributed by atoms with Gasteiger partial charge in [0.05, 0.1) is 6.10 Å². The molecule has 0 heterocycles. The standard InChI is InChI=1S/C15H23NO3/c1-5-14(17)12-6-8-13(9-7-12)19-10-15(18)16(4)11(2)3/h6-9,11,14,17H,5,10H2,1-4H3. The molecule has 0 aromatic heterocycles. The largest absolute Gasteiger partial charge is 0.484 e. The Morgan fingerprint density at radius 1 is 1.32 bits per heavy atom. The Morgan fingerprint density at radius 3 is 2.37 bits per heavy atom. The van der Waals surface area contributed by atoms with Gasteiger partial charge in [-0.2, -0.15) is 0 Å². The van der Waals surface area contributed by atoms with Gasteiger partial charge in [-0.15, -0.1) is 0 Å². The topological polar surface area (TPSA) is 49.8 Å². The third-order valence-electron chi connectivity index (χ3n) is 3.18. The zero-order valence-corrected chi connectivity index (χ0v) is 12.1. The number of likely N-dealkylation sites (N-methyl/N-ethyl adjacent to an activating group) is 1. The van der Waals surface area contributed by atoms with Gasteiger partial charge in [0, 0.05) is 13.1 Å². The van der Waals surface area contributed by atoms with E-state index in [9.17, 15) is 9.90 Å². The Morgan fingerprint density at radius 2 is 1.89 bits per heavy atom. The fraction of sp³-hybridized carbons (Fsp3) is 0.533. The van der Waals surface area contributed by atoms with Gasteiger partial charge in [-0.3, -0.25) is 4.79 Å². The van der Waals surface area contributed by atoms with Crippen LogP contribution < -0.4 is 4.74 Å². The van der Waals surface area contributed by atoms with E-state index in [0.717, 1.165) is 5.56 Å². The molecule has 0 bridgehead atoms. The Labute approximate surface area is 115 Å². The van der Waals surface area contributed by atoms with E-state index in [1.807, 2.05) is 32.9 Å². The molecule has 0 spiro atoms. The molecule has 1 atom stereocenters. The van der Waals surface area contributed by atoms with E-state index < -0.39 is 6.10 Å². The van der Waals surface area contributed by atoms with Crippen molar-refractivity contribution in [3.63, 3.8) is 0 Å². The van der Waals surface area contributed by atoms with Crippen molar-refractivity contribution in [3.05, 3.63) is 29.8 Å². The maximum Gasteiger partial charge on any atom is 0.260 e. The molecule has 1 aromatic carbocycles. The lowest BCUT2D eigenvalue weighted by Gasteiger charge is -2.21. The van der Waals surface area contributed by atoms with Crippen LogP contribution in [0.25, 0.3) is 0 Å². The van der Waals surface area contributed by atoms with Crippen LogP contribution in [0.15, 0.2) is 24.3 Å². The lowest BCUT2D eigenvalue weighted by atomic mass is 10.1. The van der Waals surface area contributed by atoms with E-state index in [-0.39, 0.29) is 18.6 Å². The lowest BCUT2D eigenvalue weighted by Crippen LogP contribution is -2.36. The number of aliphatic hydroxyl groups is 1. The summed E-state index contributed by atoms with van der Waals surface area (Å²) in [5, 5.41) is 9.67. The summed E-state index contributed by atoms with van der Waals surface area (Å²) in [4.78, 5) is 13.4. The quantitative estimate of drug-likeness (QED) is 0.859. The van der Waals surface area contributed by atoms with Gasteiger partial charge in [-0.25, -0.2) is 0 Å². The van der Waals surface area contributed by atoms with Crippen LogP contribution in [-0.4, -0.2) is 35.6 Å². The highest BCUT2D eigenvalue weighted by Gasteiger charge is 2.12. The van der Waals surface area contributed by atoms with Crippen molar-refractivity contribution in [1.82, 2.24) is 4.90 Å². The van der Waals surface area contributed by atoms with Crippen molar-refractivity contribution in [1.29, 1.82) is 0 Å². The molecule has 0 aliphatic rings. The molecule has 0 radical (unpaired) electrons. The van der Waals surface area contributed by atoms with Crippen LogP contribution >= 0.6 is 0 Å². The summed E-state index contributed by atoms with van der Waals surface area (Å²) in [7, 11) is 1.76. The van der Waals surface area contributed by atoms with Gasteiger partial charge in [-0.1, -0.05) is 19.1 Å². The first kappa shape index (κ1) is 15.5. The van der Waals surface area contributed by atoms with Gasteiger partial charge >= 0.3 is 0 Å². The maximum absolute atomic E-state index is 11.7. The predicted molar refractivity (Wildman–Crippen MR) is 75.1 cm³/mol. The van der Waals surface area contributed by atoms with E-state index in [2.05, 4.69) is 0 Å². The van der Waals surface area contributed by atoms with Crippen molar-refractivity contribution in [2.45, 2.75) is 39.3 Å². The molecule has 19 heavy (non-hydrogen) atoms. The van der Waals surface area contributed by atoms with E-state index in [1.165, 1.54) is 0 Å². The Kier molecular flexibility index (Phi) is 5.83. The normalized spacial score (nSPS) is 12.3. The zero-order chi connectivity index (χ0) is 14.4. The maximum atomic E-state index is 11.7. The second-order valence-corrected chi connectivity index (χ2v) is 4.88. The zero-order valence-electron chi connectivity index (χ0n) is 12.1. The molecule has 0 aliphatic carbocycles. The van der Waals surface area contributed by atoms with Crippen LogP contribution in [0.3, 0.4) is 0 Å². The molecule has 4 nitrogen and oxygen atoms in total. The third-order valence-corrected chi connectivity index (χ3v) is 3.18. The highest BCUT2D eigenvalue weighted by Crippen LogP contribution is 2.19. The fourth-order valence-electron chi connectivity index (χ4n) is 1.56. The Bertz CT molecular complexity index is 400. The SMILES string of the molecule is CCC(O)c1ccc(OCC(=O)N(C)C(C)C)cc1. The summed E-state index contributed by atoms with van der Waals surface area (Å²) < 4.78 is 5.43. The highest BCUT2D eigenvalue weighted by atomic mass is 16.5. The highest BCUT2D eigenvalue weighted by molar-refractivity contribution is 5.77. The lowest BCUT2D eigenvalue weighted by molar-refractivity contribution is -0.133. The second kappa shape index (κ2) is 7.14. The molecule has 4 heteroatoms. The molecule has 1 unspecified atom stereocenters. The van der Waals surface area contributed by atoms with Gasteiger partial charge in [0.2, 0.25) is 0 Å². The Hall–Kier alpha value is -1.55. The van der Waals surface area contributed by atoms with Gasteiger partial charge in [-0.05, 0) is 38.0 Å². The van der Waals surface area contributed by atoms with Crippen LogP contribution in [0.4, 0.5) is 0 Å². The fourth-order valence-corrected chi connectivity index (χ4v) is 1.56. The summed E-state index contributed by atoms with van der Waals surface area (Å²) in [5.41, 5.74) is 0.862. The molecular weight excluding hydrogens is 242 g/mol. The van der Waals surface area contributed by atoms with Crippen LogP contribution in [0, 0.1) is 0 Å². The molecule has 1 amide bonds. The molecule has 1 N–H and O–H groups in total. The monoisotopic (exact) mass is 265 g/mol. The molecule has 0 aliphatic heterocycles. The first-order valence-corrected chi connectivity index (χ1v) is 6.62. The van der Waals surface area contributed by atoms with Crippen LogP contribution in [0.5, 0.6) is 5.75 Å². The first-order valence-electron chi connectivity index (χ1n) is 6.62. The minimum absolute atomic E-state index is 0.0321. The molecule has 1 rings (SSSR count). The van der Waals surface area contributed by atoms with Gasteiger partial charge in [0.1, 0.15) is 5.75 Å². The van der Waals surface area contributed by atoms with Crippen molar-refractivity contribution in [3.8, 4) is 5.75 Å². The second-order valence-electron chi connectivity index (χ2n) is 4.88. The van der Waals surface area contributed by atoms with E-state index in [1.54, 1.807) is 24.1 Å². The molecule has 1 aromatic rings. The van der Waals surface area contributed by atoms with E-state index >= 15 is 0 Å². The summed E-state index contributed by atoms with van der Waals surface area (Å²) in [5.74, 6) is 0.588. The molecule has 0 saturated heterocycles. The van der Waals surface area contributed by atoms with Gasteiger partial charge in [0.15, 0.2) is 6.61 Å². The predicted octanol–water partition coefficient (Wildman–Crippen LogP) is 2.38. The number of hydrogen-bond donors (Lipinski definition) is 1. The van der Waals surface area contributed by atoms with Gasteiger partial charge in [0.25, 0.3) is 5.91 Å².